The fourth-order valence-corrected chi connectivity index (χ4v) is 2.53. The fourth-order valence-electron chi connectivity index (χ4n) is 2.53. The molecule has 8 nitrogen and oxygen atoms in total. The van der Waals surface area contributed by atoms with Crippen molar-refractivity contribution in [2.45, 2.75) is 28.7 Å². The lowest BCUT2D eigenvalue weighted by atomic mass is 9.98. The maximum atomic E-state index is 11.3. The van der Waals surface area contributed by atoms with Crippen LogP contribution in [0.2, 0.25) is 0 Å². The maximum absolute atomic E-state index is 11.3. The molecular weight excluding hydrogens is 224 g/mol. The molecule has 0 amide bonds. The van der Waals surface area contributed by atoms with Gasteiger partial charge in [-0.05, 0) is 0 Å². The Morgan fingerprint density at radius 1 is 1.06 bits per heavy atom. The van der Waals surface area contributed by atoms with Crippen LogP contribution in [-0.4, -0.2) is 72.4 Å². The molecule has 0 spiro atoms. The van der Waals surface area contributed by atoms with E-state index < -0.39 is 46.9 Å². The van der Waals surface area contributed by atoms with Gasteiger partial charge >= 0.3 is 0 Å². The van der Waals surface area contributed by atoms with Crippen LogP contribution in [0.25, 0.3) is 0 Å². The van der Waals surface area contributed by atoms with Crippen molar-refractivity contribution < 1.29 is 39.9 Å². The van der Waals surface area contributed by atoms with Gasteiger partial charge in [-0.2, -0.15) is 0 Å². The molecule has 1 heterocycles. The van der Waals surface area contributed by atoms with E-state index in [0.717, 1.165) is 0 Å². The first-order valence-electron chi connectivity index (χ1n) is 4.51. The molecule has 3 fully saturated rings. The highest BCUT2D eigenvalue weighted by Gasteiger charge is 3.05. The number of ketones is 2. The van der Waals surface area contributed by atoms with Gasteiger partial charge in [-0.1, -0.05) is 0 Å². The topological polar surface area (TPSA) is 145 Å². The highest BCUT2D eigenvalue weighted by atomic mass is 16.7. The lowest BCUT2D eigenvalue weighted by molar-refractivity contribution is -0.288. The van der Waals surface area contributed by atoms with Gasteiger partial charge in [0.05, 0.1) is 6.61 Å². The van der Waals surface area contributed by atoms with Gasteiger partial charge in [0.25, 0.3) is 5.79 Å². The van der Waals surface area contributed by atoms with Crippen molar-refractivity contribution in [1.82, 2.24) is 0 Å². The molecule has 0 bridgehead atoms. The number of carbonyl (C=O) groups excluding carboxylic acids is 2. The molecule has 2 aliphatic carbocycles. The van der Waals surface area contributed by atoms with Crippen LogP contribution in [0.4, 0.5) is 0 Å². The number of hydrogen-bond acceptors (Lipinski definition) is 8. The number of aliphatic hydroxyl groups excluding tert-OH is 1. The summed E-state index contributed by atoms with van der Waals surface area (Å²) in [7, 11) is 0. The summed E-state index contributed by atoms with van der Waals surface area (Å²) >= 11 is 0. The van der Waals surface area contributed by atoms with Gasteiger partial charge in [0.15, 0.2) is 5.60 Å². The molecule has 3 rings (SSSR count). The van der Waals surface area contributed by atoms with E-state index in [1.165, 1.54) is 0 Å². The lowest BCUT2D eigenvalue weighted by Gasteiger charge is -2.32. The van der Waals surface area contributed by atoms with Gasteiger partial charge in [-0.25, -0.2) is 0 Å². The van der Waals surface area contributed by atoms with Crippen LogP contribution < -0.4 is 0 Å². The summed E-state index contributed by atoms with van der Waals surface area (Å²) < 4.78 is 4.58. The first-order valence-corrected chi connectivity index (χ1v) is 4.51. The predicted octanol–water partition coefficient (Wildman–Crippen LogP) is -4.58. The van der Waals surface area contributed by atoms with Crippen LogP contribution in [0.1, 0.15) is 0 Å². The Morgan fingerprint density at radius 2 is 1.62 bits per heavy atom. The van der Waals surface area contributed by atoms with Gasteiger partial charge < -0.3 is 30.3 Å². The minimum Gasteiger partial charge on any atom is -0.394 e. The Labute approximate surface area is 87.7 Å². The van der Waals surface area contributed by atoms with E-state index in [4.69, 9.17) is 5.11 Å². The standard InChI is InChI=1S/C8H8O8/c9-1-2-5(12)3(10)6(5,13)7(14)4(11)8(7,15)16-2/h2,9,12-15H,1H2/t2-,5-,6+,7+,8-/m1/s1. The average molecular weight is 232 g/mol. The third-order valence-corrected chi connectivity index (χ3v) is 3.70. The number of rotatable bonds is 1. The highest BCUT2D eigenvalue weighted by molar-refractivity contribution is 6.29. The fraction of sp³-hybridized carbons (Fsp3) is 0.750. The molecule has 0 aromatic rings. The average Bonchev–Trinajstić information content (AvgIpc) is 2.90. The van der Waals surface area contributed by atoms with Gasteiger partial charge in [-0.15, -0.1) is 0 Å². The van der Waals surface area contributed by atoms with E-state index in [9.17, 15) is 30.0 Å². The molecule has 88 valence electrons. The van der Waals surface area contributed by atoms with Crippen LogP contribution in [-0.2, 0) is 14.3 Å². The molecule has 8 heteroatoms. The number of fused-ring (bicyclic) bond motifs is 3. The molecule has 5 N–H and O–H groups in total. The van der Waals surface area contributed by atoms with Crippen molar-refractivity contribution in [2.24, 2.45) is 0 Å². The molecule has 0 aromatic heterocycles. The number of ether oxygens (including phenoxy) is 1. The van der Waals surface area contributed by atoms with Gasteiger partial charge in [0.1, 0.15) is 6.10 Å². The van der Waals surface area contributed by atoms with Crippen LogP contribution in [0.5, 0.6) is 0 Å². The summed E-state index contributed by atoms with van der Waals surface area (Å²) in [5, 5.41) is 47.5. The van der Waals surface area contributed by atoms with Crippen molar-refractivity contribution >= 4 is 11.6 Å². The first-order chi connectivity index (χ1) is 7.23. The summed E-state index contributed by atoms with van der Waals surface area (Å²) in [6.45, 7) is -0.893. The summed E-state index contributed by atoms with van der Waals surface area (Å²) in [5.41, 5.74) is -8.18. The SMILES string of the molecule is O=C1[C@]2(O)[C@]3(O)C(=O)[C@]3(O)[C@@H](CO)O[C@]12O. The quantitative estimate of drug-likeness (QED) is 0.304. The van der Waals surface area contributed by atoms with Crippen molar-refractivity contribution in [3.8, 4) is 0 Å². The number of Topliss-reactive ketones (excluding diaryl/α,β-unsaturated/α-hetero) is 2. The van der Waals surface area contributed by atoms with Crippen LogP contribution in [0, 0.1) is 0 Å². The van der Waals surface area contributed by atoms with Gasteiger partial charge in [-0.3, -0.25) is 9.59 Å². The molecule has 16 heavy (non-hydrogen) atoms. The molecule has 3 aliphatic rings. The molecule has 0 radical (unpaired) electrons. The summed E-state index contributed by atoms with van der Waals surface area (Å²) in [6.07, 6.45) is -1.65. The molecular formula is C8H8O8. The highest BCUT2D eigenvalue weighted by Crippen LogP contribution is 2.68. The van der Waals surface area contributed by atoms with E-state index in [2.05, 4.69) is 4.74 Å². The van der Waals surface area contributed by atoms with E-state index in [-0.39, 0.29) is 0 Å². The third-order valence-electron chi connectivity index (χ3n) is 3.70. The molecule has 0 aromatic carbocycles. The monoisotopic (exact) mass is 232 g/mol. The summed E-state index contributed by atoms with van der Waals surface area (Å²) in [5.74, 6) is -5.28. The van der Waals surface area contributed by atoms with Crippen molar-refractivity contribution in [1.29, 1.82) is 0 Å². The number of aliphatic hydroxyl groups is 5. The molecule has 1 saturated heterocycles. The Morgan fingerprint density at radius 3 is 2.12 bits per heavy atom. The maximum Gasteiger partial charge on any atom is 0.271 e. The second-order valence-electron chi connectivity index (χ2n) is 4.28. The van der Waals surface area contributed by atoms with Crippen LogP contribution in [0.3, 0.4) is 0 Å². The zero-order valence-electron chi connectivity index (χ0n) is 7.75. The zero-order valence-corrected chi connectivity index (χ0v) is 7.75. The molecule has 2 saturated carbocycles. The van der Waals surface area contributed by atoms with E-state index in [0.29, 0.717) is 0 Å². The van der Waals surface area contributed by atoms with E-state index in [1.54, 1.807) is 0 Å². The minimum absolute atomic E-state index is 0.893. The van der Waals surface area contributed by atoms with Crippen LogP contribution in [0.15, 0.2) is 0 Å². The Balaban J connectivity index is 2.18. The van der Waals surface area contributed by atoms with Crippen LogP contribution >= 0.6 is 0 Å². The van der Waals surface area contributed by atoms with E-state index >= 15 is 0 Å². The Bertz CT molecular complexity index is 447. The number of hydrogen-bond donors (Lipinski definition) is 5. The van der Waals surface area contributed by atoms with Crippen molar-refractivity contribution in [3.63, 3.8) is 0 Å². The predicted molar refractivity (Wildman–Crippen MR) is 41.8 cm³/mol. The molecule has 0 unspecified atom stereocenters. The first kappa shape index (κ1) is 10.3. The normalized spacial score (nSPS) is 62.7. The molecule has 5 atom stereocenters. The van der Waals surface area contributed by atoms with Gasteiger partial charge in [0.2, 0.25) is 22.8 Å². The number of carbonyl (C=O) groups is 2. The van der Waals surface area contributed by atoms with Gasteiger partial charge in [0, 0.05) is 0 Å². The lowest BCUT2D eigenvalue weighted by Crippen LogP contribution is -2.58. The third kappa shape index (κ3) is 0.549. The smallest absolute Gasteiger partial charge is 0.271 e. The Kier molecular flexibility index (Phi) is 1.34. The van der Waals surface area contributed by atoms with E-state index in [1.807, 2.05) is 0 Å². The van der Waals surface area contributed by atoms with Crippen molar-refractivity contribution in [3.05, 3.63) is 0 Å². The molecule has 1 aliphatic heterocycles. The second-order valence-corrected chi connectivity index (χ2v) is 4.28. The summed E-state index contributed by atoms with van der Waals surface area (Å²) in [4.78, 5) is 22.6. The minimum atomic E-state index is -2.84. The van der Waals surface area contributed by atoms with Crippen molar-refractivity contribution in [2.75, 3.05) is 6.61 Å². The summed E-state index contributed by atoms with van der Waals surface area (Å²) in [6, 6.07) is 0. The Hall–Kier alpha value is -0.900. The largest absolute Gasteiger partial charge is 0.394 e. The zero-order chi connectivity index (χ0) is 12.1. The second kappa shape index (κ2) is 2.08.